The third-order valence-corrected chi connectivity index (χ3v) is 3.84. The Kier molecular flexibility index (Phi) is 8.46. The van der Waals surface area contributed by atoms with Crippen LogP contribution in [0.3, 0.4) is 0 Å². The summed E-state index contributed by atoms with van der Waals surface area (Å²) in [4.78, 5) is 35.5. The number of esters is 1. The number of rotatable bonds is 9. The zero-order valence-corrected chi connectivity index (χ0v) is 14.7. The fraction of sp³-hybridized carbons (Fsp3) is 0.706. The van der Waals surface area contributed by atoms with Gasteiger partial charge in [0.05, 0.1) is 12.6 Å². The van der Waals surface area contributed by atoms with Gasteiger partial charge >= 0.3 is 5.97 Å². The van der Waals surface area contributed by atoms with Crippen LogP contribution in [0, 0.1) is 11.8 Å². The molecule has 2 amide bonds. The van der Waals surface area contributed by atoms with E-state index in [1.807, 2.05) is 13.8 Å². The van der Waals surface area contributed by atoms with Crippen LogP contribution in [0.15, 0.2) is 12.2 Å². The molecule has 1 saturated heterocycles. The number of nitrogens with two attached hydrogens (primary N) is 1. The third-order valence-electron chi connectivity index (χ3n) is 3.84. The molecule has 0 aromatic rings. The lowest BCUT2D eigenvalue weighted by molar-refractivity contribution is -0.137. The van der Waals surface area contributed by atoms with Crippen molar-refractivity contribution in [2.24, 2.45) is 17.6 Å². The Labute approximate surface area is 143 Å². The molecule has 24 heavy (non-hydrogen) atoms. The molecule has 1 fully saturated rings. The second-order valence-corrected chi connectivity index (χ2v) is 6.47. The van der Waals surface area contributed by atoms with Crippen LogP contribution in [0.5, 0.6) is 0 Å². The molecule has 0 spiro atoms. The minimum absolute atomic E-state index is 0.0229. The Hall–Kier alpha value is -1.89. The predicted octanol–water partition coefficient (Wildman–Crippen LogP) is 0.490. The fourth-order valence-electron chi connectivity index (χ4n) is 2.65. The lowest BCUT2D eigenvalue weighted by Gasteiger charge is -2.21. The molecule has 1 heterocycles. The standard InChI is InChI=1S/C17H29N3O4/c1-4-24-15(21)6-5-13(10-12-7-8-19-16(12)22)20-17(23)14(18)9-11(2)3/h5-6,11-14H,4,7-10,18H2,1-3H3,(H,19,22)(H,20,23). The zero-order chi connectivity index (χ0) is 18.1. The topological polar surface area (TPSA) is 111 Å². The van der Waals surface area contributed by atoms with Gasteiger partial charge in [0.1, 0.15) is 0 Å². The van der Waals surface area contributed by atoms with Gasteiger partial charge in [0.25, 0.3) is 0 Å². The number of ether oxygens (including phenoxy) is 1. The molecule has 0 radical (unpaired) electrons. The SMILES string of the molecule is CCOC(=O)C=CC(CC1CCNC1=O)NC(=O)C(N)CC(C)C. The molecular formula is C17H29N3O4. The van der Waals surface area contributed by atoms with Gasteiger partial charge in [-0.15, -0.1) is 0 Å². The van der Waals surface area contributed by atoms with Crippen molar-refractivity contribution in [3.05, 3.63) is 12.2 Å². The number of amides is 2. The highest BCUT2D eigenvalue weighted by Gasteiger charge is 2.28. The van der Waals surface area contributed by atoms with E-state index >= 15 is 0 Å². The molecule has 1 rings (SSSR count). The summed E-state index contributed by atoms with van der Waals surface area (Å²) >= 11 is 0. The number of hydrogen-bond donors (Lipinski definition) is 3. The Bertz CT molecular complexity index is 476. The van der Waals surface area contributed by atoms with Gasteiger partial charge in [0.2, 0.25) is 11.8 Å². The fourth-order valence-corrected chi connectivity index (χ4v) is 2.65. The molecular weight excluding hydrogens is 310 g/mol. The highest BCUT2D eigenvalue weighted by Crippen LogP contribution is 2.17. The van der Waals surface area contributed by atoms with E-state index in [4.69, 9.17) is 10.5 Å². The number of nitrogens with one attached hydrogen (secondary N) is 2. The highest BCUT2D eigenvalue weighted by atomic mass is 16.5. The van der Waals surface area contributed by atoms with E-state index in [0.29, 0.717) is 25.3 Å². The van der Waals surface area contributed by atoms with E-state index in [0.717, 1.165) is 6.42 Å². The maximum absolute atomic E-state index is 12.2. The molecule has 0 aromatic carbocycles. The molecule has 0 bridgehead atoms. The molecule has 0 saturated carbocycles. The van der Waals surface area contributed by atoms with Gasteiger partial charge in [-0.05, 0) is 32.1 Å². The maximum atomic E-state index is 12.2. The van der Waals surface area contributed by atoms with E-state index in [-0.39, 0.29) is 24.3 Å². The van der Waals surface area contributed by atoms with Crippen molar-refractivity contribution in [3.8, 4) is 0 Å². The van der Waals surface area contributed by atoms with Gasteiger partial charge in [-0.2, -0.15) is 0 Å². The van der Waals surface area contributed by atoms with Crippen LogP contribution >= 0.6 is 0 Å². The summed E-state index contributed by atoms with van der Waals surface area (Å²) in [6.07, 6.45) is 4.58. The average molecular weight is 339 g/mol. The first kappa shape index (κ1) is 20.2. The summed E-state index contributed by atoms with van der Waals surface area (Å²) in [5.41, 5.74) is 5.90. The average Bonchev–Trinajstić information content (AvgIpc) is 2.89. The van der Waals surface area contributed by atoms with Gasteiger partial charge in [0, 0.05) is 24.6 Å². The second kappa shape index (κ2) is 10.1. The van der Waals surface area contributed by atoms with Crippen molar-refractivity contribution in [2.75, 3.05) is 13.2 Å². The first-order valence-electron chi connectivity index (χ1n) is 8.52. The van der Waals surface area contributed by atoms with E-state index in [2.05, 4.69) is 10.6 Å². The van der Waals surface area contributed by atoms with E-state index in [1.165, 1.54) is 6.08 Å². The Morgan fingerprint density at radius 2 is 2.17 bits per heavy atom. The predicted molar refractivity (Wildman–Crippen MR) is 90.9 cm³/mol. The van der Waals surface area contributed by atoms with E-state index < -0.39 is 18.1 Å². The molecule has 0 aromatic heterocycles. The first-order chi connectivity index (χ1) is 11.3. The Morgan fingerprint density at radius 3 is 2.71 bits per heavy atom. The van der Waals surface area contributed by atoms with Gasteiger partial charge in [-0.3, -0.25) is 9.59 Å². The minimum Gasteiger partial charge on any atom is -0.463 e. The van der Waals surface area contributed by atoms with Crippen LogP contribution in [-0.4, -0.2) is 43.0 Å². The maximum Gasteiger partial charge on any atom is 0.330 e. The van der Waals surface area contributed by atoms with Crippen molar-refractivity contribution in [1.82, 2.24) is 10.6 Å². The van der Waals surface area contributed by atoms with Crippen LogP contribution in [0.1, 0.15) is 40.0 Å². The van der Waals surface area contributed by atoms with Crippen LogP contribution < -0.4 is 16.4 Å². The third kappa shape index (κ3) is 7.12. The number of hydrogen-bond acceptors (Lipinski definition) is 5. The minimum atomic E-state index is -0.610. The van der Waals surface area contributed by atoms with Gasteiger partial charge in [0.15, 0.2) is 0 Å². The van der Waals surface area contributed by atoms with Crippen molar-refractivity contribution in [3.63, 3.8) is 0 Å². The lowest BCUT2D eigenvalue weighted by atomic mass is 9.97. The quantitative estimate of drug-likeness (QED) is 0.418. The molecule has 3 unspecified atom stereocenters. The number of carbonyl (C=O) groups is 3. The largest absolute Gasteiger partial charge is 0.463 e. The molecule has 0 aliphatic carbocycles. The second-order valence-electron chi connectivity index (χ2n) is 6.47. The first-order valence-corrected chi connectivity index (χ1v) is 8.52. The summed E-state index contributed by atoms with van der Waals surface area (Å²) in [5, 5.41) is 5.60. The van der Waals surface area contributed by atoms with Crippen LogP contribution in [0.4, 0.5) is 0 Å². The van der Waals surface area contributed by atoms with Gasteiger partial charge < -0.3 is 21.1 Å². The van der Waals surface area contributed by atoms with Crippen molar-refractivity contribution < 1.29 is 19.1 Å². The smallest absolute Gasteiger partial charge is 0.330 e. The normalized spacial score (nSPS) is 20.0. The highest BCUT2D eigenvalue weighted by molar-refractivity contribution is 5.84. The molecule has 7 heteroatoms. The summed E-state index contributed by atoms with van der Waals surface area (Å²) in [6.45, 7) is 6.63. The Balaban J connectivity index is 2.70. The van der Waals surface area contributed by atoms with Crippen molar-refractivity contribution in [1.29, 1.82) is 0 Å². The molecule has 136 valence electrons. The van der Waals surface area contributed by atoms with E-state index in [1.54, 1.807) is 13.0 Å². The molecule has 1 aliphatic heterocycles. The summed E-state index contributed by atoms with van der Waals surface area (Å²) < 4.78 is 4.85. The van der Waals surface area contributed by atoms with Crippen LogP contribution in [0.2, 0.25) is 0 Å². The summed E-state index contributed by atoms with van der Waals surface area (Å²) in [7, 11) is 0. The van der Waals surface area contributed by atoms with Gasteiger partial charge in [-0.1, -0.05) is 19.9 Å². The zero-order valence-electron chi connectivity index (χ0n) is 14.7. The molecule has 3 atom stereocenters. The molecule has 4 N–H and O–H groups in total. The number of carbonyl (C=O) groups excluding carboxylic acids is 3. The molecule has 7 nitrogen and oxygen atoms in total. The Morgan fingerprint density at radius 1 is 1.46 bits per heavy atom. The van der Waals surface area contributed by atoms with E-state index in [9.17, 15) is 14.4 Å². The summed E-state index contributed by atoms with van der Waals surface area (Å²) in [6, 6.07) is -1.05. The van der Waals surface area contributed by atoms with Crippen molar-refractivity contribution >= 4 is 17.8 Å². The van der Waals surface area contributed by atoms with Crippen LogP contribution in [0.25, 0.3) is 0 Å². The monoisotopic (exact) mass is 339 g/mol. The summed E-state index contributed by atoms with van der Waals surface area (Å²) in [5.74, 6) is -0.645. The van der Waals surface area contributed by atoms with Crippen LogP contribution in [-0.2, 0) is 19.1 Å². The molecule has 1 aliphatic rings. The van der Waals surface area contributed by atoms with Crippen molar-refractivity contribution in [2.45, 2.75) is 52.1 Å². The van der Waals surface area contributed by atoms with Gasteiger partial charge in [-0.25, -0.2) is 4.79 Å². The lowest BCUT2D eigenvalue weighted by Crippen LogP contribution is -2.46.